The molecule has 0 radical (unpaired) electrons. The number of aliphatic hydroxyl groups is 1. The van der Waals surface area contributed by atoms with Crippen LogP contribution in [0.4, 0.5) is 5.82 Å². The zero-order chi connectivity index (χ0) is 17.4. The predicted octanol–water partition coefficient (Wildman–Crippen LogP) is 3.21. The Kier molecular flexibility index (Phi) is 6.55. The quantitative estimate of drug-likeness (QED) is 0.618. The van der Waals surface area contributed by atoms with Crippen molar-refractivity contribution in [2.75, 3.05) is 5.43 Å². The maximum atomic E-state index is 12.5. The fourth-order valence-corrected chi connectivity index (χ4v) is 2.72. The zero-order valence-electron chi connectivity index (χ0n) is 14.6. The number of carbonyl (C=O) groups is 1. The minimum atomic E-state index is -1.31. The Bertz CT molecular complexity index is 664. The van der Waals surface area contributed by atoms with Crippen molar-refractivity contribution in [2.24, 2.45) is 0 Å². The molecule has 0 aliphatic heterocycles. The Morgan fingerprint density at radius 3 is 2.42 bits per heavy atom. The largest absolute Gasteiger partial charge is 0.380 e. The van der Waals surface area contributed by atoms with Crippen LogP contribution in [0.3, 0.4) is 0 Å². The summed E-state index contributed by atoms with van der Waals surface area (Å²) in [5, 5.41) is 11.8. The fourth-order valence-electron chi connectivity index (χ4n) is 2.72. The van der Waals surface area contributed by atoms with Gasteiger partial charge in [-0.2, -0.15) is 10.9 Å². The highest BCUT2D eigenvalue weighted by Gasteiger charge is 2.35. The summed E-state index contributed by atoms with van der Waals surface area (Å²) in [4.78, 5) is 15.7. The minimum Gasteiger partial charge on any atom is -0.380 e. The first-order valence-electron chi connectivity index (χ1n) is 8.79. The summed E-state index contributed by atoms with van der Waals surface area (Å²) in [5.74, 6) is 0.307. The third-order valence-corrected chi connectivity index (χ3v) is 4.28. The van der Waals surface area contributed by atoms with Gasteiger partial charge in [-0.1, -0.05) is 57.7 Å². The van der Waals surface area contributed by atoms with E-state index in [1.807, 2.05) is 36.4 Å². The lowest BCUT2D eigenvalue weighted by Crippen LogP contribution is -2.49. The number of fused-ring (bicyclic) bond motifs is 1. The van der Waals surface area contributed by atoms with Crippen LogP contribution in [-0.4, -0.2) is 16.6 Å². The minimum absolute atomic E-state index is 0.369. The lowest BCUT2D eigenvalue weighted by molar-refractivity contribution is -0.327. The van der Waals surface area contributed by atoms with Gasteiger partial charge >= 0.3 is 0 Å². The number of hydrazine groups is 1. The molecule has 2 rings (SSSR count). The van der Waals surface area contributed by atoms with Crippen LogP contribution in [-0.2, 0) is 4.79 Å². The Morgan fingerprint density at radius 1 is 1.08 bits per heavy atom. The van der Waals surface area contributed by atoms with E-state index >= 15 is 0 Å². The van der Waals surface area contributed by atoms with Gasteiger partial charge in [0.05, 0.1) is 0 Å². The second-order valence-electron chi connectivity index (χ2n) is 6.28. The third-order valence-electron chi connectivity index (χ3n) is 4.28. The number of amides is 1. The number of anilines is 1. The molecule has 0 fully saturated rings. The first kappa shape index (κ1) is 18.2. The average molecular weight is 330 g/mol. The standard InChI is InChI=1S/C19H27N3O2/c1-3-5-13-19(24,14-6-4-2)18(23)22-21-17-12-11-15-9-7-8-10-16(15)20-17/h7-12,24H,3-6,13-14H2,1-2H3,(H,20,21)(H,22,23)/p+1. The van der Waals surface area contributed by atoms with Gasteiger partial charge in [0.15, 0.2) is 0 Å². The Labute approximate surface area is 143 Å². The van der Waals surface area contributed by atoms with Gasteiger partial charge in [-0.05, 0) is 25.0 Å². The molecule has 1 aromatic heterocycles. The van der Waals surface area contributed by atoms with Crippen LogP contribution in [0.25, 0.3) is 10.9 Å². The van der Waals surface area contributed by atoms with Crippen molar-refractivity contribution in [3.8, 4) is 0 Å². The predicted molar refractivity (Wildman–Crippen MR) is 96.3 cm³/mol. The Balaban J connectivity index is 2.02. The molecule has 0 aliphatic rings. The molecule has 0 atom stereocenters. The van der Waals surface area contributed by atoms with Crippen LogP contribution in [0.5, 0.6) is 0 Å². The number of nitrogens with one attached hydrogen (secondary N) is 3. The molecule has 0 spiro atoms. The molecular formula is C19H28N3O2+. The van der Waals surface area contributed by atoms with Crippen LogP contribution in [0.15, 0.2) is 36.4 Å². The van der Waals surface area contributed by atoms with Crippen LogP contribution in [0.2, 0.25) is 0 Å². The number of hydrogen-bond donors (Lipinski definition) is 3. The summed E-state index contributed by atoms with van der Waals surface area (Å²) in [7, 11) is 0. The smallest absolute Gasteiger partial charge is 0.296 e. The molecule has 24 heavy (non-hydrogen) atoms. The molecule has 0 bridgehead atoms. The second-order valence-corrected chi connectivity index (χ2v) is 6.28. The van der Waals surface area contributed by atoms with E-state index in [2.05, 4.69) is 29.7 Å². The molecule has 5 heteroatoms. The molecule has 2 aromatic rings. The highest BCUT2D eigenvalue weighted by Crippen LogP contribution is 2.22. The molecule has 4 N–H and O–H groups in total. The number of para-hydroxylation sites is 1. The fraction of sp³-hybridized carbons (Fsp3) is 0.474. The number of hydrogen-bond acceptors (Lipinski definition) is 3. The summed E-state index contributed by atoms with van der Waals surface area (Å²) in [6, 6.07) is 11.8. The van der Waals surface area contributed by atoms with Gasteiger partial charge in [-0.15, -0.1) is 0 Å². The van der Waals surface area contributed by atoms with E-state index < -0.39 is 5.60 Å². The number of aromatic nitrogens is 1. The van der Waals surface area contributed by atoms with Crippen molar-refractivity contribution >= 4 is 22.6 Å². The molecule has 1 aromatic carbocycles. The Hall–Kier alpha value is -2.14. The van der Waals surface area contributed by atoms with E-state index in [0.29, 0.717) is 18.7 Å². The van der Waals surface area contributed by atoms with Gasteiger partial charge in [-0.25, -0.2) is 4.98 Å². The molecule has 1 amide bonds. The number of H-pyrrole nitrogens is 1. The molecule has 0 unspecified atom stereocenters. The number of pyridine rings is 1. The third kappa shape index (κ3) is 4.68. The average Bonchev–Trinajstić information content (AvgIpc) is 2.62. The van der Waals surface area contributed by atoms with Crippen LogP contribution >= 0.6 is 0 Å². The van der Waals surface area contributed by atoms with E-state index in [9.17, 15) is 9.90 Å². The van der Waals surface area contributed by atoms with Crippen molar-refractivity contribution in [1.29, 1.82) is 0 Å². The first-order valence-corrected chi connectivity index (χ1v) is 8.79. The van der Waals surface area contributed by atoms with Gasteiger partial charge in [0.1, 0.15) is 11.1 Å². The topological polar surface area (TPSA) is 75.5 Å². The van der Waals surface area contributed by atoms with Crippen molar-refractivity contribution in [3.63, 3.8) is 0 Å². The lowest BCUT2D eigenvalue weighted by Gasteiger charge is -2.25. The Morgan fingerprint density at radius 2 is 1.75 bits per heavy atom. The molecule has 1 heterocycles. The van der Waals surface area contributed by atoms with Gasteiger partial charge in [-0.3, -0.25) is 4.79 Å². The molecule has 5 nitrogen and oxygen atoms in total. The molecular weight excluding hydrogens is 302 g/mol. The molecule has 0 saturated carbocycles. The van der Waals surface area contributed by atoms with Crippen molar-refractivity contribution < 1.29 is 14.9 Å². The van der Waals surface area contributed by atoms with Crippen LogP contribution in [0.1, 0.15) is 52.4 Å². The normalized spacial score (nSPS) is 11.5. The van der Waals surface area contributed by atoms with E-state index in [1.54, 1.807) is 0 Å². The lowest BCUT2D eigenvalue weighted by atomic mass is 9.90. The highest BCUT2D eigenvalue weighted by atomic mass is 16.3. The first-order chi connectivity index (χ1) is 11.6. The van der Waals surface area contributed by atoms with E-state index in [4.69, 9.17) is 0 Å². The van der Waals surface area contributed by atoms with Crippen LogP contribution in [0, 0.1) is 0 Å². The van der Waals surface area contributed by atoms with Gasteiger partial charge in [0, 0.05) is 11.5 Å². The summed E-state index contributed by atoms with van der Waals surface area (Å²) in [6.45, 7) is 4.11. The van der Waals surface area contributed by atoms with Crippen molar-refractivity contribution in [3.05, 3.63) is 36.4 Å². The maximum Gasteiger partial charge on any atom is 0.296 e. The van der Waals surface area contributed by atoms with Crippen molar-refractivity contribution in [2.45, 2.75) is 58.0 Å². The van der Waals surface area contributed by atoms with Gasteiger partial charge in [0.25, 0.3) is 11.7 Å². The molecule has 0 aliphatic carbocycles. The van der Waals surface area contributed by atoms with Gasteiger partial charge < -0.3 is 5.11 Å². The van der Waals surface area contributed by atoms with E-state index in [-0.39, 0.29) is 5.91 Å². The SMILES string of the molecule is CCCCC(O)(CCCC)C(=O)NNc1ccc2ccccc2[nH+]1. The summed E-state index contributed by atoms with van der Waals surface area (Å²) < 4.78 is 0. The van der Waals surface area contributed by atoms with E-state index in [1.165, 1.54) is 0 Å². The van der Waals surface area contributed by atoms with E-state index in [0.717, 1.165) is 36.6 Å². The van der Waals surface area contributed by atoms with Gasteiger partial charge in [0.2, 0.25) is 0 Å². The highest BCUT2D eigenvalue weighted by molar-refractivity contribution is 5.85. The number of carbonyl (C=O) groups excluding carboxylic acids is 1. The number of unbranched alkanes of at least 4 members (excludes halogenated alkanes) is 2. The monoisotopic (exact) mass is 330 g/mol. The van der Waals surface area contributed by atoms with Crippen molar-refractivity contribution in [1.82, 2.24) is 5.43 Å². The zero-order valence-corrected chi connectivity index (χ0v) is 14.6. The summed E-state index contributed by atoms with van der Waals surface area (Å²) in [5.41, 5.74) is 5.20. The molecule has 130 valence electrons. The summed E-state index contributed by atoms with van der Waals surface area (Å²) >= 11 is 0. The number of benzene rings is 1. The number of aromatic amines is 1. The maximum absolute atomic E-state index is 12.5. The van der Waals surface area contributed by atoms with Crippen LogP contribution < -0.4 is 15.8 Å². The molecule has 0 saturated heterocycles. The second kappa shape index (κ2) is 8.64. The number of rotatable bonds is 9. The summed E-state index contributed by atoms with van der Waals surface area (Å²) in [6.07, 6.45) is 4.53.